The predicted octanol–water partition coefficient (Wildman–Crippen LogP) is 4.46. The molecule has 0 bridgehead atoms. The lowest BCUT2D eigenvalue weighted by Crippen LogP contribution is -2.29. The highest BCUT2D eigenvalue weighted by Gasteiger charge is 2.31. The van der Waals surface area contributed by atoms with Crippen LogP contribution >= 0.6 is 11.6 Å². The second-order valence-electron chi connectivity index (χ2n) is 7.60. The third-order valence-corrected chi connectivity index (χ3v) is 8.76. The van der Waals surface area contributed by atoms with E-state index in [2.05, 4.69) is 10.0 Å². The summed E-state index contributed by atoms with van der Waals surface area (Å²) in [5.41, 5.74) is 1.80. The Morgan fingerprint density at radius 3 is 2.23 bits per heavy atom. The van der Waals surface area contributed by atoms with E-state index in [1.807, 2.05) is 0 Å². The van der Waals surface area contributed by atoms with Gasteiger partial charge in [0, 0.05) is 17.3 Å². The van der Waals surface area contributed by atoms with Crippen molar-refractivity contribution < 1.29 is 26.4 Å². The third-order valence-electron chi connectivity index (χ3n) is 5.28. The molecule has 12 heteroatoms. The number of ether oxygens (including phenoxy) is 1. The first-order valence-corrected chi connectivity index (χ1v) is 13.9. The van der Waals surface area contributed by atoms with E-state index in [1.165, 1.54) is 58.9 Å². The van der Waals surface area contributed by atoms with Crippen molar-refractivity contribution in [3.63, 3.8) is 0 Å². The van der Waals surface area contributed by atoms with Gasteiger partial charge in [-0.05, 0) is 79.6 Å². The molecular formula is C23H22ClN3O6S2. The van der Waals surface area contributed by atoms with Crippen LogP contribution in [0.3, 0.4) is 0 Å². The lowest BCUT2D eigenvalue weighted by atomic mass is 10.1. The van der Waals surface area contributed by atoms with Gasteiger partial charge in [0.25, 0.3) is 20.0 Å². The van der Waals surface area contributed by atoms with Crippen LogP contribution in [0.5, 0.6) is 0 Å². The summed E-state index contributed by atoms with van der Waals surface area (Å²) in [6, 6.07) is 16.2. The van der Waals surface area contributed by atoms with E-state index in [0.717, 1.165) is 5.56 Å². The van der Waals surface area contributed by atoms with Crippen molar-refractivity contribution in [1.29, 1.82) is 0 Å². The SMILES string of the molecule is CCOC(=O)Nc1ccc(S(=O)(=O)Nc2ccc3c(c2)N(S(=O)(=O)c2ccc(Cl)cc2)CC3)cc1. The number of benzene rings is 3. The van der Waals surface area contributed by atoms with Gasteiger partial charge in [0.15, 0.2) is 0 Å². The van der Waals surface area contributed by atoms with Gasteiger partial charge < -0.3 is 4.74 Å². The fraction of sp³-hybridized carbons (Fsp3) is 0.174. The standard InChI is InChI=1S/C23H22ClN3O6S2/c1-2-33-23(28)25-18-7-11-20(12-8-18)34(29,30)26-19-6-3-16-13-14-27(22(16)15-19)35(31,32)21-9-4-17(24)5-10-21/h3-12,15,26H,2,13-14H2,1H3,(H,25,28). The highest BCUT2D eigenvalue weighted by Crippen LogP contribution is 2.35. The Bertz CT molecular complexity index is 1460. The molecule has 0 unspecified atom stereocenters. The fourth-order valence-corrected chi connectivity index (χ4v) is 6.28. The Labute approximate surface area is 208 Å². The second kappa shape index (κ2) is 9.76. The molecule has 1 amide bonds. The molecule has 3 aromatic rings. The Kier molecular flexibility index (Phi) is 6.93. The van der Waals surface area contributed by atoms with Crippen molar-refractivity contribution in [1.82, 2.24) is 0 Å². The van der Waals surface area contributed by atoms with Gasteiger partial charge in [0.1, 0.15) is 0 Å². The first-order chi connectivity index (χ1) is 16.6. The molecule has 184 valence electrons. The normalized spacial score (nSPS) is 13.3. The molecule has 0 saturated heterocycles. The van der Waals surface area contributed by atoms with Crippen molar-refractivity contribution >= 4 is 54.8 Å². The van der Waals surface area contributed by atoms with E-state index in [9.17, 15) is 21.6 Å². The molecule has 0 fully saturated rings. The maximum Gasteiger partial charge on any atom is 0.411 e. The monoisotopic (exact) mass is 535 g/mol. The molecule has 1 aliphatic rings. The largest absolute Gasteiger partial charge is 0.450 e. The van der Waals surface area contributed by atoms with E-state index in [4.69, 9.17) is 16.3 Å². The van der Waals surface area contributed by atoms with Gasteiger partial charge >= 0.3 is 6.09 Å². The molecule has 9 nitrogen and oxygen atoms in total. The Morgan fingerprint density at radius 1 is 0.943 bits per heavy atom. The number of rotatable bonds is 7. The van der Waals surface area contributed by atoms with Crippen molar-refractivity contribution in [3.05, 3.63) is 77.3 Å². The summed E-state index contributed by atoms with van der Waals surface area (Å²) >= 11 is 5.88. The highest BCUT2D eigenvalue weighted by atomic mass is 35.5. The van der Waals surface area contributed by atoms with Crippen molar-refractivity contribution in [2.45, 2.75) is 23.1 Å². The first-order valence-electron chi connectivity index (χ1n) is 10.6. The molecule has 0 spiro atoms. The van der Waals surface area contributed by atoms with E-state index in [-0.39, 0.29) is 28.6 Å². The van der Waals surface area contributed by atoms with Crippen LogP contribution in [-0.2, 0) is 31.2 Å². The zero-order valence-corrected chi connectivity index (χ0v) is 21.0. The molecule has 35 heavy (non-hydrogen) atoms. The molecule has 0 radical (unpaired) electrons. The lowest BCUT2D eigenvalue weighted by Gasteiger charge is -2.20. The number of anilines is 3. The number of nitrogens with zero attached hydrogens (tertiary/aromatic N) is 1. The van der Waals surface area contributed by atoms with Crippen LogP contribution in [-0.4, -0.2) is 36.1 Å². The molecule has 0 atom stereocenters. The molecule has 3 aromatic carbocycles. The maximum atomic E-state index is 13.2. The molecule has 0 saturated carbocycles. The van der Waals surface area contributed by atoms with Gasteiger partial charge in [-0.1, -0.05) is 17.7 Å². The van der Waals surface area contributed by atoms with Crippen LogP contribution in [0.4, 0.5) is 21.9 Å². The number of halogens is 1. The summed E-state index contributed by atoms with van der Waals surface area (Å²) in [5, 5.41) is 2.91. The molecule has 0 aromatic heterocycles. The molecule has 1 heterocycles. The Balaban J connectivity index is 1.55. The zero-order chi connectivity index (χ0) is 25.2. The number of hydrogen-bond acceptors (Lipinski definition) is 6. The average Bonchev–Trinajstić information content (AvgIpc) is 3.24. The summed E-state index contributed by atoms with van der Waals surface area (Å²) in [7, 11) is -7.82. The number of carbonyl (C=O) groups excluding carboxylic acids is 1. The van der Waals surface area contributed by atoms with Crippen molar-refractivity contribution in [3.8, 4) is 0 Å². The average molecular weight is 536 g/mol. The Hall–Kier alpha value is -3.28. The summed E-state index contributed by atoms with van der Waals surface area (Å²) in [6.45, 7) is 2.12. The maximum absolute atomic E-state index is 13.2. The van der Waals surface area contributed by atoms with E-state index < -0.39 is 26.1 Å². The fourth-order valence-electron chi connectivity index (χ4n) is 3.61. The van der Waals surface area contributed by atoms with Gasteiger partial charge in [0.2, 0.25) is 0 Å². The third kappa shape index (κ3) is 5.37. The zero-order valence-electron chi connectivity index (χ0n) is 18.6. The van der Waals surface area contributed by atoms with Crippen LogP contribution < -0.4 is 14.3 Å². The number of carbonyl (C=O) groups is 1. The number of hydrogen-bond donors (Lipinski definition) is 2. The molecule has 4 rings (SSSR count). The quantitative estimate of drug-likeness (QED) is 0.460. The summed E-state index contributed by atoms with van der Waals surface area (Å²) < 4.78 is 60.7. The van der Waals surface area contributed by atoms with Gasteiger partial charge in [-0.25, -0.2) is 21.6 Å². The number of amides is 1. The van der Waals surface area contributed by atoms with Gasteiger partial charge in [-0.2, -0.15) is 0 Å². The number of nitrogens with one attached hydrogen (secondary N) is 2. The minimum atomic E-state index is -3.97. The van der Waals surface area contributed by atoms with Crippen molar-refractivity contribution in [2.75, 3.05) is 27.5 Å². The molecule has 0 aliphatic carbocycles. The number of fused-ring (bicyclic) bond motifs is 1. The van der Waals surface area contributed by atoms with Crippen LogP contribution in [0.2, 0.25) is 5.02 Å². The van der Waals surface area contributed by atoms with E-state index in [1.54, 1.807) is 19.1 Å². The Morgan fingerprint density at radius 2 is 1.57 bits per heavy atom. The van der Waals surface area contributed by atoms with Gasteiger partial charge in [-0.15, -0.1) is 0 Å². The molecular weight excluding hydrogens is 514 g/mol. The minimum Gasteiger partial charge on any atom is -0.450 e. The second-order valence-corrected chi connectivity index (χ2v) is 11.6. The van der Waals surface area contributed by atoms with Crippen LogP contribution in [0.15, 0.2) is 76.5 Å². The summed E-state index contributed by atoms with van der Waals surface area (Å²) in [5.74, 6) is 0. The van der Waals surface area contributed by atoms with Crippen molar-refractivity contribution in [2.24, 2.45) is 0 Å². The smallest absolute Gasteiger partial charge is 0.411 e. The van der Waals surface area contributed by atoms with Gasteiger partial charge in [-0.3, -0.25) is 14.3 Å². The van der Waals surface area contributed by atoms with E-state index >= 15 is 0 Å². The first kappa shape index (κ1) is 24.8. The van der Waals surface area contributed by atoms with Crippen LogP contribution in [0, 0.1) is 0 Å². The summed E-state index contributed by atoms with van der Waals surface area (Å²) in [6.07, 6.45) is -0.137. The summed E-state index contributed by atoms with van der Waals surface area (Å²) in [4.78, 5) is 11.6. The van der Waals surface area contributed by atoms with E-state index in [0.29, 0.717) is 22.8 Å². The number of sulfonamides is 2. The van der Waals surface area contributed by atoms with Crippen LogP contribution in [0.1, 0.15) is 12.5 Å². The topological polar surface area (TPSA) is 122 Å². The van der Waals surface area contributed by atoms with Gasteiger partial charge in [0.05, 0.1) is 27.8 Å². The molecule has 2 N–H and O–H groups in total. The molecule has 1 aliphatic heterocycles. The lowest BCUT2D eigenvalue weighted by molar-refractivity contribution is 0.168. The van der Waals surface area contributed by atoms with Crippen LogP contribution in [0.25, 0.3) is 0 Å². The minimum absolute atomic E-state index is 0.0296. The predicted molar refractivity (Wildman–Crippen MR) is 134 cm³/mol. The highest BCUT2D eigenvalue weighted by molar-refractivity contribution is 7.93.